The van der Waals surface area contributed by atoms with E-state index in [0.29, 0.717) is 13.0 Å². The summed E-state index contributed by atoms with van der Waals surface area (Å²) >= 11 is 0. The van der Waals surface area contributed by atoms with Crippen LogP contribution in [-0.4, -0.2) is 17.1 Å². The number of aryl methyl sites for hydroxylation is 1. The van der Waals surface area contributed by atoms with Crippen LogP contribution in [-0.2, 0) is 17.8 Å². The summed E-state index contributed by atoms with van der Waals surface area (Å²) in [5, 5.41) is 12.4. The molecule has 2 aromatic rings. The summed E-state index contributed by atoms with van der Waals surface area (Å²) < 4.78 is 0. The number of carboxylic acid groups (broad SMARTS) is 1. The van der Waals surface area contributed by atoms with Gasteiger partial charge in [0.2, 0.25) is 0 Å². The summed E-state index contributed by atoms with van der Waals surface area (Å²) in [7, 11) is 0. The maximum atomic E-state index is 11.3. The lowest BCUT2D eigenvalue weighted by Gasteiger charge is -2.14. The van der Waals surface area contributed by atoms with E-state index in [0.717, 1.165) is 12.0 Å². The summed E-state index contributed by atoms with van der Waals surface area (Å²) in [4.78, 5) is 11.3. The van der Waals surface area contributed by atoms with Crippen molar-refractivity contribution in [1.82, 2.24) is 5.32 Å². The van der Waals surface area contributed by atoms with Gasteiger partial charge >= 0.3 is 5.97 Å². The van der Waals surface area contributed by atoms with Crippen molar-refractivity contribution >= 4 is 5.97 Å². The molecule has 0 amide bonds. The van der Waals surface area contributed by atoms with E-state index in [1.807, 2.05) is 60.7 Å². The van der Waals surface area contributed by atoms with Crippen LogP contribution in [0.4, 0.5) is 0 Å². The topological polar surface area (TPSA) is 49.3 Å². The van der Waals surface area contributed by atoms with Crippen LogP contribution in [0.3, 0.4) is 0 Å². The number of hydrogen-bond acceptors (Lipinski definition) is 2. The minimum absolute atomic E-state index is 0.518. The number of rotatable bonds is 7. The molecular weight excluding hydrogens is 250 g/mol. The third-order valence-electron chi connectivity index (χ3n) is 3.26. The van der Waals surface area contributed by atoms with Crippen molar-refractivity contribution < 1.29 is 9.90 Å². The zero-order chi connectivity index (χ0) is 14.2. The predicted octanol–water partition coefficient (Wildman–Crippen LogP) is 2.86. The molecule has 0 aromatic heterocycles. The molecule has 20 heavy (non-hydrogen) atoms. The standard InChI is InChI=1S/C17H19NO2/c19-17(20)16(12-11-14-7-3-1-4-8-14)18-13-15-9-5-2-6-10-15/h1-10,16,18H,11-13H2,(H,19,20). The van der Waals surface area contributed by atoms with Crippen molar-refractivity contribution in [2.75, 3.05) is 0 Å². The Balaban J connectivity index is 1.86. The summed E-state index contributed by atoms with van der Waals surface area (Å²) in [6, 6.07) is 19.3. The van der Waals surface area contributed by atoms with Gasteiger partial charge in [-0.2, -0.15) is 0 Å². The van der Waals surface area contributed by atoms with Crippen molar-refractivity contribution in [3.05, 3.63) is 71.8 Å². The molecule has 1 atom stereocenters. The van der Waals surface area contributed by atoms with Crippen molar-refractivity contribution in [1.29, 1.82) is 0 Å². The van der Waals surface area contributed by atoms with Crippen molar-refractivity contribution in [3.63, 3.8) is 0 Å². The Labute approximate surface area is 119 Å². The lowest BCUT2D eigenvalue weighted by Crippen LogP contribution is -2.36. The third-order valence-corrected chi connectivity index (χ3v) is 3.26. The Bertz CT molecular complexity index is 482. The second kappa shape index (κ2) is 7.46. The van der Waals surface area contributed by atoms with E-state index in [1.54, 1.807) is 0 Å². The number of carboxylic acids is 1. The van der Waals surface area contributed by atoms with Crippen LogP contribution in [0.2, 0.25) is 0 Å². The highest BCUT2D eigenvalue weighted by Gasteiger charge is 2.16. The van der Waals surface area contributed by atoms with E-state index in [4.69, 9.17) is 0 Å². The van der Waals surface area contributed by atoms with Crippen LogP contribution in [0.25, 0.3) is 0 Å². The molecule has 3 nitrogen and oxygen atoms in total. The molecule has 2 N–H and O–H groups in total. The van der Waals surface area contributed by atoms with E-state index in [-0.39, 0.29) is 0 Å². The highest BCUT2D eigenvalue weighted by atomic mass is 16.4. The fourth-order valence-corrected chi connectivity index (χ4v) is 2.11. The number of benzene rings is 2. The molecule has 2 rings (SSSR count). The van der Waals surface area contributed by atoms with E-state index < -0.39 is 12.0 Å². The quantitative estimate of drug-likeness (QED) is 0.812. The Kier molecular flexibility index (Phi) is 5.33. The van der Waals surface area contributed by atoms with Crippen LogP contribution >= 0.6 is 0 Å². The normalized spacial score (nSPS) is 12.0. The Hall–Kier alpha value is -2.13. The molecule has 0 saturated heterocycles. The van der Waals surface area contributed by atoms with Gasteiger partial charge in [0, 0.05) is 6.54 Å². The Morgan fingerprint density at radius 1 is 0.950 bits per heavy atom. The molecule has 0 radical (unpaired) electrons. The fourth-order valence-electron chi connectivity index (χ4n) is 2.11. The average molecular weight is 269 g/mol. The van der Waals surface area contributed by atoms with E-state index in [1.165, 1.54) is 5.56 Å². The van der Waals surface area contributed by atoms with Gasteiger partial charge in [0.05, 0.1) is 0 Å². The summed E-state index contributed by atoms with van der Waals surface area (Å²) in [5.74, 6) is -0.795. The molecule has 0 aliphatic rings. The minimum atomic E-state index is -0.795. The van der Waals surface area contributed by atoms with Gasteiger partial charge in [0.15, 0.2) is 0 Å². The second-order valence-electron chi connectivity index (χ2n) is 4.78. The number of carbonyl (C=O) groups is 1. The van der Waals surface area contributed by atoms with Gasteiger partial charge in [0.1, 0.15) is 6.04 Å². The van der Waals surface area contributed by atoms with Crippen LogP contribution < -0.4 is 5.32 Å². The molecular formula is C17H19NO2. The van der Waals surface area contributed by atoms with Gasteiger partial charge in [-0.05, 0) is 24.0 Å². The predicted molar refractivity (Wildman–Crippen MR) is 79.5 cm³/mol. The van der Waals surface area contributed by atoms with Crippen LogP contribution in [0, 0.1) is 0 Å². The van der Waals surface area contributed by atoms with E-state index in [9.17, 15) is 9.90 Å². The third kappa shape index (κ3) is 4.52. The Morgan fingerprint density at radius 3 is 2.05 bits per heavy atom. The first-order valence-corrected chi connectivity index (χ1v) is 6.80. The highest BCUT2D eigenvalue weighted by Crippen LogP contribution is 2.06. The highest BCUT2D eigenvalue weighted by molar-refractivity contribution is 5.73. The van der Waals surface area contributed by atoms with Gasteiger partial charge in [-0.25, -0.2) is 0 Å². The number of hydrogen-bond donors (Lipinski definition) is 2. The molecule has 1 unspecified atom stereocenters. The number of nitrogens with one attached hydrogen (secondary N) is 1. The zero-order valence-corrected chi connectivity index (χ0v) is 11.3. The van der Waals surface area contributed by atoms with Crippen LogP contribution in [0.1, 0.15) is 17.5 Å². The monoisotopic (exact) mass is 269 g/mol. The molecule has 104 valence electrons. The average Bonchev–Trinajstić information content (AvgIpc) is 2.49. The molecule has 2 aromatic carbocycles. The SMILES string of the molecule is O=C(O)C(CCc1ccccc1)NCc1ccccc1. The molecule has 0 saturated carbocycles. The van der Waals surface area contributed by atoms with Crippen molar-refractivity contribution in [3.8, 4) is 0 Å². The van der Waals surface area contributed by atoms with Crippen LogP contribution in [0.5, 0.6) is 0 Å². The lowest BCUT2D eigenvalue weighted by molar-refractivity contribution is -0.139. The molecule has 0 bridgehead atoms. The maximum Gasteiger partial charge on any atom is 0.320 e. The maximum absolute atomic E-state index is 11.3. The number of aliphatic carboxylic acids is 1. The van der Waals surface area contributed by atoms with Gasteiger partial charge in [-0.1, -0.05) is 60.7 Å². The smallest absolute Gasteiger partial charge is 0.320 e. The van der Waals surface area contributed by atoms with Gasteiger partial charge < -0.3 is 10.4 Å². The largest absolute Gasteiger partial charge is 0.480 e. The van der Waals surface area contributed by atoms with E-state index in [2.05, 4.69) is 5.32 Å². The summed E-state index contributed by atoms with van der Waals surface area (Å²) in [6.07, 6.45) is 1.35. The molecule has 0 spiro atoms. The fraction of sp³-hybridized carbons (Fsp3) is 0.235. The molecule has 0 heterocycles. The molecule has 0 aliphatic heterocycles. The first-order valence-electron chi connectivity index (χ1n) is 6.80. The van der Waals surface area contributed by atoms with Gasteiger partial charge in [-0.3, -0.25) is 4.79 Å². The summed E-state index contributed by atoms with van der Waals surface area (Å²) in [6.45, 7) is 0.576. The molecule has 0 fully saturated rings. The summed E-state index contributed by atoms with van der Waals surface area (Å²) in [5.41, 5.74) is 2.26. The first kappa shape index (κ1) is 14.3. The zero-order valence-electron chi connectivity index (χ0n) is 11.3. The van der Waals surface area contributed by atoms with E-state index >= 15 is 0 Å². The van der Waals surface area contributed by atoms with Crippen molar-refractivity contribution in [2.24, 2.45) is 0 Å². The van der Waals surface area contributed by atoms with Gasteiger partial charge in [-0.15, -0.1) is 0 Å². The van der Waals surface area contributed by atoms with Gasteiger partial charge in [0.25, 0.3) is 0 Å². The first-order chi connectivity index (χ1) is 9.75. The molecule has 3 heteroatoms. The lowest BCUT2D eigenvalue weighted by atomic mass is 10.0. The van der Waals surface area contributed by atoms with Crippen molar-refractivity contribution in [2.45, 2.75) is 25.4 Å². The van der Waals surface area contributed by atoms with Crippen LogP contribution in [0.15, 0.2) is 60.7 Å². The molecule has 0 aliphatic carbocycles. The Morgan fingerprint density at radius 2 is 1.50 bits per heavy atom. The minimum Gasteiger partial charge on any atom is -0.480 e. The second-order valence-corrected chi connectivity index (χ2v) is 4.78.